The molecule has 1 aromatic heterocycles. The molecule has 1 fully saturated rings. The lowest BCUT2D eigenvalue weighted by atomic mass is 10.2. The predicted molar refractivity (Wildman–Crippen MR) is 108 cm³/mol. The zero-order valence-corrected chi connectivity index (χ0v) is 17.5. The minimum absolute atomic E-state index is 0.159. The molecule has 1 aromatic carbocycles. The van der Waals surface area contributed by atoms with E-state index in [4.69, 9.17) is 11.6 Å². The summed E-state index contributed by atoms with van der Waals surface area (Å²) in [4.78, 5) is 14.4. The number of hydrogen-bond acceptors (Lipinski definition) is 4. The standard InChI is InChI=1S/C18H24ClN5O3S/c1-3-22(4-2)28(26,27)23-10-8-21(9-11-23)18(25)15-13-20-24(14-15)17-7-5-6-16(19)12-17/h5-7,12-14H,3-4,8-11H2,1-2H3. The number of amides is 1. The molecule has 0 aliphatic carbocycles. The summed E-state index contributed by atoms with van der Waals surface area (Å²) in [5.41, 5.74) is 1.22. The van der Waals surface area contributed by atoms with E-state index in [1.807, 2.05) is 26.0 Å². The normalized spacial score (nSPS) is 15.9. The summed E-state index contributed by atoms with van der Waals surface area (Å²) >= 11 is 6.01. The third-order valence-corrected chi connectivity index (χ3v) is 7.21. The summed E-state index contributed by atoms with van der Waals surface area (Å²) in [6.45, 7) is 5.77. The van der Waals surface area contributed by atoms with Gasteiger partial charge in [0.2, 0.25) is 0 Å². The number of rotatable bonds is 6. The van der Waals surface area contributed by atoms with Gasteiger partial charge < -0.3 is 4.90 Å². The summed E-state index contributed by atoms with van der Waals surface area (Å²) < 4.78 is 29.7. The molecule has 0 spiro atoms. The third kappa shape index (κ3) is 4.22. The van der Waals surface area contributed by atoms with Gasteiger partial charge in [0, 0.05) is 50.5 Å². The minimum atomic E-state index is -3.47. The fourth-order valence-corrected chi connectivity index (χ4v) is 5.00. The highest BCUT2D eigenvalue weighted by molar-refractivity contribution is 7.86. The van der Waals surface area contributed by atoms with Gasteiger partial charge in [0.25, 0.3) is 16.1 Å². The predicted octanol–water partition coefficient (Wildman–Crippen LogP) is 1.87. The third-order valence-electron chi connectivity index (χ3n) is 4.79. The first kappa shape index (κ1) is 20.8. The molecule has 2 heterocycles. The van der Waals surface area contributed by atoms with Gasteiger partial charge in [0.1, 0.15) is 0 Å². The van der Waals surface area contributed by atoms with Gasteiger partial charge in [0.15, 0.2) is 0 Å². The molecule has 1 saturated heterocycles. The Morgan fingerprint density at radius 3 is 2.46 bits per heavy atom. The first-order valence-corrected chi connectivity index (χ1v) is 11.0. The second-order valence-corrected chi connectivity index (χ2v) is 8.80. The smallest absolute Gasteiger partial charge is 0.282 e. The van der Waals surface area contributed by atoms with E-state index in [1.54, 1.807) is 27.9 Å². The van der Waals surface area contributed by atoms with Crippen molar-refractivity contribution in [2.45, 2.75) is 13.8 Å². The fourth-order valence-electron chi connectivity index (χ4n) is 3.21. The van der Waals surface area contributed by atoms with Crippen LogP contribution >= 0.6 is 11.6 Å². The van der Waals surface area contributed by atoms with Gasteiger partial charge in [-0.25, -0.2) is 4.68 Å². The van der Waals surface area contributed by atoms with Crippen LogP contribution in [0.1, 0.15) is 24.2 Å². The van der Waals surface area contributed by atoms with Gasteiger partial charge in [0.05, 0.1) is 17.4 Å². The molecule has 152 valence electrons. The maximum atomic E-state index is 12.8. The Labute approximate surface area is 170 Å². The van der Waals surface area contributed by atoms with Crippen molar-refractivity contribution >= 4 is 27.7 Å². The molecule has 0 N–H and O–H groups in total. The van der Waals surface area contributed by atoms with Gasteiger partial charge in [-0.2, -0.15) is 22.1 Å². The molecule has 3 rings (SSSR count). The first-order chi connectivity index (χ1) is 13.4. The number of carbonyl (C=O) groups is 1. The highest BCUT2D eigenvalue weighted by Crippen LogP contribution is 2.17. The molecule has 1 aliphatic heterocycles. The Kier molecular flexibility index (Phi) is 6.39. The zero-order valence-electron chi connectivity index (χ0n) is 16.0. The van der Waals surface area contributed by atoms with Crippen molar-refractivity contribution in [1.82, 2.24) is 23.3 Å². The number of carbonyl (C=O) groups excluding carboxylic acids is 1. The SMILES string of the molecule is CCN(CC)S(=O)(=O)N1CCN(C(=O)c2cnn(-c3cccc(Cl)c3)c2)CC1. The number of nitrogens with zero attached hydrogens (tertiary/aromatic N) is 5. The Morgan fingerprint density at radius 2 is 1.86 bits per heavy atom. The monoisotopic (exact) mass is 425 g/mol. The van der Waals surface area contributed by atoms with Crippen molar-refractivity contribution in [3.05, 3.63) is 47.2 Å². The summed E-state index contributed by atoms with van der Waals surface area (Å²) in [7, 11) is -3.47. The lowest BCUT2D eigenvalue weighted by Gasteiger charge is -2.36. The highest BCUT2D eigenvalue weighted by atomic mass is 35.5. The average Bonchev–Trinajstić information content (AvgIpc) is 3.18. The minimum Gasteiger partial charge on any atom is -0.336 e. The van der Waals surface area contributed by atoms with Gasteiger partial charge in [-0.05, 0) is 18.2 Å². The van der Waals surface area contributed by atoms with Crippen LogP contribution in [-0.4, -0.2) is 76.9 Å². The van der Waals surface area contributed by atoms with Crippen LogP contribution in [0.4, 0.5) is 0 Å². The molecule has 0 bridgehead atoms. The van der Waals surface area contributed by atoms with E-state index < -0.39 is 10.2 Å². The molecule has 0 radical (unpaired) electrons. The first-order valence-electron chi connectivity index (χ1n) is 9.22. The van der Waals surface area contributed by atoms with Crippen LogP contribution in [-0.2, 0) is 10.2 Å². The molecule has 1 amide bonds. The average molecular weight is 426 g/mol. The number of halogens is 1. The molecule has 10 heteroatoms. The fraction of sp³-hybridized carbons (Fsp3) is 0.444. The van der Waals surface area contributed by atoms with Crippen LogP contribution in [0.25, 0.3) is 5.69 Å². The van der Waals surface area contributed by atoms with E-state index in [9.17, 15) is 13.2 Å². The van der Waals surface area contributed by atoms with Gasteiger partial charge in [-0.15, -0.1) is 0 Å². The van der Waals surface area contributed by atoms with E-state index >= 15 is 0 Å². The van der Waals surface area contributed by atoms with Gasteiger partial charge in [-0.1, -0.05) is 31.5 Å². The highest BCUT2D eigenvalue weighted by Gasteiger charge is 2.32. The Hall–Kier alpha value is -1.94. The van der Waals surface area contributed by atoms with Crippen molar-refractivity contribution in [3.63, 3.8) is 0 Å². The summed E-state index contributed by atoms with van der Waals surface area (Å²) in [5, 5.41) is 4.83. The van der Waals surface area contributed by atoms with Gasteiger partial charge >= 0.3 is 0 Å². The van der Waals surface area contributed by atoms with Crippen molar-refractivity contribution < 1.29 is 13.2 Å². The molecular formula is C18H24ClN5O3S. The second-order valence-electron chi connectivity index (χ2n) is 6.44. The van der Waals surface area contributed by atoms with E-state index in [-0.39, 0.29) is 19.0 Å². The second kappa shape index (κ2) is 8.60. The quantitative estimate of drug-likeness (QED) is 0.707. The maximum Gasteiger partial charge on any atom is 0.282 e. The molecule has 28 heavy (non-hydrogen) atoms. The molecule has 8 nitrogen and oxygen atoms in total. The van der Waals surface area contributed by atoms with Crippen LogP contribution in [0.5, 0.6) is 0 Å². The van der Waals surface area contributed by atoms with Crippen LogP contribution in [0.3, 0.4) is 0 Å². The Balaban J connectivity index is 1.66. The van der Waals surface area contributed by atoms with E-state index in [0.717, 1.165) is 5.69 Å². The van der Waals surface area contributed by atoms with Gasteiger partial charge in [-0.3, -0.25) is 4.79 Å². The lowest BCUT2D eigenvalue weighted by Crippen LogP contribution is -2.54. The molecule has 0 atom stereocenters. The van der Waals surface area contributed by atoms with Crippen LogP contribution in [0.2, 0.25) is 5.02 Å². The van der Waals surface area contributed by atoms with Crippen molar-refractivity contribution in [3.8, 4) is 5.69 Å². The van der Waals surface area contributed by atoms with Crippen molar-refractivity contribution in [1.29, 1.82) is 0 Å². The summed E-state index contributed by atoms with van der Waals surface area (Å²) in [6, 6.07) is 7.20. The summed E-state index contributed by atoms with van der Waals surface area (Å²) in [6.07, 6.45) is 3.18. The largest absolute Gasteiger partial charge is 0.336 e. The van der Waals surface area contributed by atoms with Crippen LogP contribution < -0.4 is 0 Å². The zero-order chi connectivity index (χ0) is 20.3. The Bertz CT molecular complexity index is 934. The molecule has 2 aromatic rings. The summed E-state index contributed by atoms with van der Waals surface area (Å²) in [5.74, 6) is -0.159. The number of hydrogen-bond donors (Lipinski definition) is 0. The molecule has 1 aliphatic rings. The Morgan fingerprint density at radius 1 is 1.18 bits per heavy atom. The number of piperazine rings is 1. The molecule has 0 unspecified atom stereocenters. The maximum absolute atomic E-state index is 12.8. The van der Waals surface area contributed by atoms with Crippen LogP contribution in [0, 0.1) is 0 Å². The topological polar surface area (TPSA) is 78.8 Å². The van der Waals surface area contributed by atoms with Crippen molar-refractivity contribution in [2.24, 2.45) is 0 Å². The van der Waals surface area contributed by atoms with E-state index in [0.29, 0.717) is 36.8 Å². The van der Waals surface area contributed by atoms with E-state index in [2.05, 4.69) is 5.10 Å². The van der Waals surface area contributed by atoms with Crippen LogP contribution in [0.15, 0.2) is 36.7 Å². The van der Waals surface area contributed by atoms with Crippen molar-refractivity contribution in [2.75, 3.05) is 39.3 Å². The molecular weight excluding hydrogens is 402 g/mol. The number of benzene rings is 1. The van der Waals surface area contributed by atoms with E-state index in [1.165, 1.54) is 14.8 Å². The molecule has 0 saturated carbocycles. The lowest BCUT2D eigenvalue weighted by molar-refractivity contribution is 0.0694. The number of aromatic nitrogens is 2.